The summed E-state index contributed by atoms with van der Waals surface area (Å²) in [5.41, 5.74) is 2.47. The van der Waals surface area contributed by atoms with Crippen molar-refractivity contribution < 1.29 is 13.9 Å². The molecule has 0 fully saturated rings. The molecule has 0 atom stereocenters. The van der Waals surface area contributed by atoms with E-state index in [9.17, 15) is 4.79 Å². The summed E-state index contributed by atoms with van der Waals surface area (Å²) in [6, 6.07) is 13.0. The number of aromatic nitrogens is 2. The van der Waals surface area contributed by atoms with Gasteiger partial charge in [-0.1, -0.05) is 18.2 Å². The first-order valence-electron chi connectivity index (χ1n) is 7.13. The van der Waals surface area contributed by atoms with Crippen LogP contribution in [0.3, 0.4) is 0 Å². The lowest BCUT2D eigenvalue weighted by Gasteiger charge is -2.03. The fourth-order valence-electron chi connectivity index (χ4n) is 2.43. The van der Waals surface area contributed by atoms with Gasteiger partial charge in [0.15, 0.2) is 5.69 Å². The number of carbonyl (C=O) groups excluding carboxylic acids is 1. The van der Waals surface area contributed by atoms with Gasteiger partial charge in [-0.2, -0.15) is 0 Å². The van der Waals surface area contributed by atoms with Crippen molar-refractivity contribution in [2.24, 2.45) is 0 Å². The quantitative estimate of drug-likeness (QED) is 0.415. The Labute approximate surface area is 131 Å². The SMILES string of the molecule is Cc1cnc(C(=O)Oc2ccc3oc4ccccc4c3c2)cn1. The molecule has 0 radical (unpaired) electrons. The van der Waals surface area contributed by atoms with Crippen LogP contribution in [0.2, 0.25) is 0 Å². The van der Waals surface area contributed by atoms with E-state index in [0.717, 1.165) is 27.6 Å². The Morgan fingerprint density at radius 2 is 1.83 bits per heavy atom. The van der Waals surface area contributed by atoms with Gasteiger partial charge in [-0.3, -0.25) is 4.98 Å². The van der Waals surface area contributed by atoms with E-state index < -0.39 is 5.97 Å². The number of esters is 1. The van der Waals surface area contributed by atoms with Gasteiger partial charge in [-0.05, 0) is 31.2 Å². The van der Waals surface area contributed by atoms with E-state index >= 15 is 0 Å². The zero-order chi connectivity index (χ0) is 15.8. The van der Waals surface area contributed by atoms with Crippen molar-refractivity contribution in [1.29, 1.82) is 0 Å². The maximum absolute atomic E-state index is 12.1. The van der Waals surface area contributed by atoms with Crippen molar-refractivity contribution in [2.45, 2.75) is 6.92 Å². The molecule has 112 valence electrons. The molecule has 0 unspecified atom stereocenters. The van der Waals surface area contributed by atoms with Gasteiger partial charge in [-0.25, -0.2) is 9.78 Å². The molecule has 4 aromatic rings. The Hall–Kier alpha value is -3.21. The molecule has 0 aliphatic heterocycles. The summed E-state index contributed by atoms with van der Waals surface area (Å²) >= 11 is 0. The number of fused-ring (bicyclic) bond motifs is 3. The topological polar surface area (TPSA) is 65.2 Å². The molecule has 0 saturated heterocycles. The summed E-state index contributed by atoms with van der Waals surface area (Å²) in [5, 5.41) is 1.89. The van der Waals surface area contributed by atoms with Crippen LogP contribution in [-0.4, -0.2) is 15.9 Å². The van der Waals surface area contributed by atoms with Gasteiger partial charge < -0.3 is 9.15 Å². The highest BCUT2D eigenvalue weighted by Crippen LogP contribution is 2.31. The lowest BCUT2D eigenvalue weighted by molar-refractivity contribution is 0.0728. The average Bonchev–Trinajstić information content (AvgIpc) is 2.93. The van der Waals surface area contributed by atoms with Crippen LogP contribution in [0.4, 0.5) is 0 Å². The standard InChI is InChI=1S/C18H12N2O3/c1-11-9-20-15(10-19-11)18(21)22-12-6-7-17-14(8-12)13-4-2-3-5-16(13)23-17/h2-10H,1H3. The van der Waals surface area contributed by atoms with E-state index in [1.165, 1.54) is 12.4 Å². The number of nitrogens with zero attached hydrogens (tertiary/aromatic N) is 2. The first kappa shape index (κ1) is 13.5. The van der Waals surface area contributed by atoms with Gasteiger partial charge in [0.25, 0.3) is 0 Å². The van der Waals surface area contributed by atoms with Crippen LogP contribution in [0.5, 0.6) is 5.75 Å². The molecule has 4 rings (SSSR count). The first-order chi connectivity index (χ1) is 11.2. The molecule has 2 heterocycles. The fourth-order valence-corrected chi connectivity index (χ4v) is 2.43. The molecular weight excluding hydrogens is 292 g/mol. The van der Waals surface area contributed by atoms with E-state index in [1.54, 1.807) is 25.1 Å². The van der Waals surface area contributed by atoms with Crippen molar-refractivity contribution in [3.05, 3.63) is 66.2 Å². The molecule has 5 heteroatoms. The number of benzene rings is 2. The van der Waals surface area contributed by atoms with Gasteiger partial charge in [0, 0.05) is 17.0 Å². The number of hydrogen-bond acceptors (Lipinski definition) is 5. The molecule has 0 bridgehead atoms. The molecule has 2 aromatic carbocycles. The number of furan rings is 1. The summed E-state index contributed by atoms with van der Waals surface area (Å²) in [6.07, 6.45) is 2.94. The molecular formula is C18H12N2O3. The zero-order valence-corrected chi connectivity index (χ0v) is 12.3. The van der Waals surface area contributed by atoms with Crippen LogP contribution in [0.25, 0.3) is 21.9 Å². The van der Waals surface area contributed by atoms with Crippen LogP contribution in [0.1, 0.15) is 16.2 Å². The maximum atomic E-state index is 12.1. The van der Waals surface area contributed by atoms with Crippen LogP contribution >= 0.6 is 0 Å². The van der Waals surface area contributed by atoms with Crippen LogP contribution in [0, 0.1) is 6.92 Å². The minimum atomic E-state index is -0.537. The van der Waals surface area contributed by atoms with E-state index in [0.29, 0.717) is 5.75 Å². The third-order valence-electron chi connectivity index (χ3n) is 3.55. The summed E-state index contributed by atoms with van der Waals surface area (Å²) in [4.78, 5) is 20.2. The monoisotopic (exact) mass is 304 g/mol. The van der Waals surface area contributed by atoms with Crippen LogP contribution < -0.4 is 4.74 Å². The highest BCUT2D eigenvalue weighted by atomic mass is 16.5. The lowest BCUT2D eigenvalue weighted by atomic mass is 10.1. The van der Waals surface area contributed by atoms with Gasteiger partial charge in [0.2, 0.25) is 0 Å². The number of ether oxygens (including phenoxy) is 1. The van der Waals surface area contributed by atoms with Gasteiger partial charge in [0.1, 0.15) is 16.9 Å². The van der Waals surface area contributed by atoms with Crippen molar-refractivity contribution in [1.82, 2.24) is 9.97 Å². The normalized spacial score (nSPS) is 11.0. The van der Waals surface area contributed by atoms with E-state index in [1.807, 2.05) is 24.3 Å². The van der Waals surface area contributed by atoms with Crippen molar-refractivity contribution in [3.63, 3.8) is 0 Å². The first-order valence-corrected chi connectivity index (χ1v) is 7.13. The van der Waals surface area contributed by atoms with Crippen molar-refractivity contribution in [3.8, 4) is 5.75 Å². The number of aryl methyl sites for hydroxylation is 1. The molecule has 5 nitrogen and oxygen atoms in total. The Bertz CT molecular complexity index is 1020. The second-order valence-electron chi connectivity index (χ2n) is 5.19. The molecule has 0 aliphatic rings. The lowest BCUT2D eigenvalue weighted by Crippen LogP contribution is -2.11. The molecule has 23 heavy (non-hydrogen) atoms. The summed E-state index contributed by atoms with van der Waals surface area (Å²) in [5.74, 6) is -0.0962. The predicted molar refractivity (Wildman–Crippen MR) is 85.4 cm³/mol. The Kier molecular flexibility index (Phi) is 3.05. The van der Waals surface area contributed by atoms with Gasteiger partial charge >= 0.3 is 5.97 Å². The highest BCUT2D eigenvalue weighted by molar-refractivity contribution is 6.05. The molecule has 0 spiro atoms. The molecule has 2 aromatic heterocycles. The van der Waals surface area contributed by atoms with Crippen molar-refractivity contribution >= 4 is 27.9 Å². The maximum Gasteiger partial charge on any atom is 0.363 e. The minimum Gasteiger partial charge on any atom is -0.456 e. The molecule has 0 saturated carbocycles. The van der Waals surface area contributed by atoms with Crippen LogP contribution in [0.15, 0.2) is 59.3 Å². The predicted octanol–water partition coefficient (Wildman–Crippen LogP) is 3.90. The zero-order valence-electron chi connectivity index (χ0n) is 12.3. The van der Waals surface area contributed by atoms with Gasteiger partial charge in [0.05, 0.1) is 11.9 Å². The smallest absolute Gasteiger partial charge is 0.363 e. The number of hydrogen-bond donors (Lipinski definition) is 0. The second kappa shape index (κ2) is 5.21. The van der Waals surface area contributed by atoms with E-state index in [4.69, 9.17) is 9.15 Å². The Balaban J connectivity index is 1.70. The third-order valence-corrected chi connectivity index (χ3v) is 3.55. The number of carbonyl (C=O) groups is 1. The van der Waals surface area contributed by atoms with Crippen LogP contribution in [-0.2, 0) is 0 Å². The Morgan fingerprint density at radius 3 is 2.65 bits per heavy atom. The molecule has 0 amide bonds. The van der Waals surface area contributed by atoms with Gasteiger partial charge in [-0.15, -0.1) is 0 Å². The number of rotatable bonds is 2. The largest absolute Gasteiger partial charge is 0.456 e. The Morgan fingerprint density at radius 1 is 1.00 bits per heavy atom. The van der Waals surface area contributed by atoms with Crippen molar-refractivity contribution in [2.75, 3.05) is 0 Å². The van der Waals surface area contributed by atoms with E-state index in [-0.39, 0.29) is 5.69 Å². The summed E-state index contributed by atoms with van der Waals surface area (Å²) < 4.78 is 11.1. The summed E-state index contributed by atoms with van der Waals surface area (Å²) in [7, 11) is 0. The summed E-state index contributed by atoms with van der Waals surface area (Å²) in [6.45, 7) is 1.81. The second-order valence-corrected chi connectivity index (χ2v) is 5.19. The average molecular weight is 304 g/mol. The third kappa shape index (κ3) is 2.42. The molecule has 0 aliphatic carbocycles. The fraction of sp³-hybridized carbons (Fsp3) is 0.0556. The van der Waals surface area contributed by atoms with E-state index in [2.05, 4.69) is 9.97 Å². The number of para-hydroxylation sites is 1. The minimum absolute atomic E-state index is 0.174. The molecule has 0 N–H and O–H groups in total. The highest BCUT2D eigenvalue weighted by Gasteiger charge is 2.13.